The van der Waals surface area contributed by atoms with Crippen molar-refractivity contribution in [3.8, 4) is 0 Å². The SMILES string of the molecule is c1c[nH]c(CNC2CCC[C@H]3C[C@@H]23)n1. The van der Waals surface area contributed by atoms with Gasteiger partial charge in [0.15, 0.2) is 0 Å². The maximum atomic E-state index is 4.22. The molecule has 14 heavy (non-hydrogen) atoms. The highest BCUT2D eigenvalue weighted by Gasteiger charge is 2.44. The number of aromatic nitrogens is 2. The number of hydrogen-bond acceptors (Lipinski definition) is 2. The molecule has 3 atom stereocenters. The molecule has 2 aliphatic carbocycles. The Labute approximate surface area is 84.3 Å². The van der Waals surface area contributed by atoms with Crippen LogP contribution in [0.25, 0.3) is 0 Å². The lowest BCUT2D eigenvalue weighted by Crippen LogP contribution is -2.33. The van der Waals surface area contributed by atoms with Crippen molar-refractivity contribution in [3.05, 3.63) is 18.2 Å². The molecule has 2 N–H and O–H groups in total. The van der Waals surface area contributed by atoms with E-state index < -0.39 is 0 Å². The zero-order valence-corrected chi connectivity index (χ0v) is 8.37. The van der Waals surface area contributed by atoms with E-state index in [9.17, 15) is 0 Å². The van der Waals surface area contributed by atoms with E-state index in [1.165, 1.54) is 25.7 Å². The first-order valence-corrected chi connectivity index (χ1v) is 5.65. The normalized spacial score (nSPS) is 35.3. The van der Waals surface area contributed by atoms with Gasteiger partial charge in [-0.3, -0.25) is 0 Å². The Morgan fingerprint density at radius 3 is 3.36 bits per heavy atom. The molecule has 0 aromatic carbocycles. The fraction of sp³-hybridized carbons (Fsp3) is 0.727. The lowest BCUT2D eigenvalue weighted by Gasteiger charge is -2.22. The summed E-state index contributed by atoms with van der Waals surface area (Å²) in [6.07, 6.45) is 9.42. The summed E-state index contributed by atoms with van der Waals surface area (Å²) in [5.41, 5.74) is 0. The van der Waals surface area contributed by atoms with Crippen LogP contribution in [-0.4, -0.2) is 16.0 Å². The summed E-state index contributed by atoms with van der Waals surface area (Å²) in [4.78, 5) is 7.35. The van der Waals surface area contributed by atoms with Crippen LogP contribution in [0.5, 0.6) is 0 Å². The zero-order valence-electron chi connectivity index (χ0n) is 8.37. The topological polar surface area (TPSA) is 40.7 Å². The van der Waals surface area contributed by atoms with Gasteiger partial charge in [-0.2, -0.15) is 0 Å². The van der Waals surface area contributed by atoms with Crippen LogP contribution >= 0.6 is 0 Å². The average molecular weight is 191 g/mol. The van der Waals surface area contributed by atoms with Crippen LogP contribution in [0.15, 0.2) is 12.4 Å². The van der Waals surface area contributed by atoms with Gasteiger partial charge in [-0.15, -0.1) is 0 Å². The molecule has 0 bridgehead atoms. The number of aromatic amines is 1. The summed E-state index contributed by atoms with van der Waals surface area (Å²) < 4.78 is 0. The van der Waals surface area contributed by atoms with Crippen molar-refractivity contribution in [2.75, 3.05) is 0 Å². The van der Waals surface area contributed by atoms with Crippen LogP contribution in [0, 0.1) is 11.8 Å². The molecule has 0 aliphatic heterocycles. The van der Waals surface area contributed by atoms with E-state index in [1.54, 1.807) is 0 Å². The van der Waals surface area contributed by atoms with Gasteiger partial charge in [-0.1, -0.05) is 12.8 Å². The number of H-pyrrole nitrogens is 1. The monoisotopic (exact) mass is 191 g/mol. The van der Waals surface area contributed by atoms with Crippen LogP contribution < -0.4 is 5.32 Å². The third-order valence-electron chi connectivity index (χ3n) is 3.67. The summed E-state index contributed by atoms with van der Waals surface area (Å²) in [7, 11) is 0. The Balaban J connectivity index is 1.52. The standard InChI is InChI=1S/C11H17N3/c1-2-8-6-9(8)10(3-1)14-7-11-12-4-5-13-11/h4-5,8-10,14H,1-3,6-7H2,(H,12,13)/t8-,9+,10?/m0/s1. The quantitative estimate of drug-likeness (QED) is 0.763. The molecule has 76 valence electrons. The zero-order chi connectivity index (χ0) is 9.38. The minimum absolute atomic E-state index is 0.763. The van der Waals surface area contributed by atoms with Gasteiger partial charge >= 0.3 is 0 Å². The van der Waals surface area contributed by atoms with Gasteiger partial charge in [0.2, 0.25) is 0 Å². The fourth-order valence-corrected chi connectivity index (χ4v) is 2.79. The molecular formula is C11H17N3. The van der Waals surface area contributed by atoms with Crippen molar-refractivity contribution < 1.29 is 0 Å². The van der Waals surface area contributed by atoms with E-state index in [2.05, 4.69) is 15.3 Å². The maximum Gasteiger partial charge on any atom is 0.120 e. The number of nitrogens with zero attached hydrogens (tertiary/aromatic N) is 1. The van der Waals surface area contributed by atoms with Crippen LogP contribution in [0.2, 0.25) is 0 Å². The number of imidazole rings is 1. The highest BCUT2D eigenvalue weighted by molar-refractivity contribution is 4.99. The lowest BCUT2D eigenvalue weighted by atomic mass is 9.95. The summed E-state index contributed by atoms with van der Waals surface area (Å²) in [5.74, 6) is 3.10. The van der Waals surface area contributed by atoms with E-state index in [-0.39, 0.29) is 0 Å². The first kappa shape index (κ1) is 8.48. The van der Waals surface area contributed by atoms with Crippen molar-refractivity contribution in [3.63, 3.8) is 0 Å². The van der Waals surface area contributed by atoms with Gasteiger partial charge in [-0.05, 0) is 24.7 Å². The molecule has 3 heteroatoms. The van der Waals surface area contributed by atoms with Gasteiger partial charge in [0.1, 0.15) is 5.82 Å². The molecule has 0 spiro atoms. The molecule has 1 heterocycles. The molecule has 1 aromatic rings. The minimum atomic E-state index is 0.763. The second kappa shape index (κ2) is 3.39. The maximum absolute atomic E-state index is 4.22. The summed E-state index contributed by atoms with van der Waals surface area (Å²) in [5, 5.41) is 3.62. The third kappa shape index (κ3) is 1.57. The molecule has 3 nitrogen and oxygen atoms in total. The van der Waals surface area contributed by atoms with Crippen molar-refractivity contribution in [2.45, 2.75) is 38.3 Å². The largest absolute Gasteiger partial charge is 0.348 e. The Bertz CT molecular complexity index is 293. The second-order valence-electron chi connectivity index (χ2n) is 4.61. The Hall–Kier alpha value is -0.830. The summed E-state index contributed by atoms with van der Waals surface area (Å²) >= 11 is 0. The van der Waals surface area contributed by atoms with Crippen molar-refractivity contribution in [1.82, 2.24) is 15.3 Å². The van der Waals surface area contributed by atoms with Crippen LogP contribution in [0.3, 0.4) is 0 Å². The molecule has 3 rings (SSSR count). The van der Waals surface area contributed by atoms with E-state index in [4.69, 9.17) is 0 Å². The predicted octanol–water partition coefficient (Wildman–Crippen LogP) is 1.69. The average Bonchev–Trinajstić information content (AvgIpc) is 2.83. The van der Waals surface area contributed by atoms with Gasteiger partial charge < -0.3 is 10.3 Å². The molecule has 2 fully saturated rings. The lowest BCUT2D eigenvalue weighted by molar-refractivity contribution is 0.350. The molecular weight excluding hydrogens is 174 g/mol. The van der Waals surface area contributed by atoms with Crippen LogP contribution in [-0.2, 0) is 6.54 Å². The van der Waals surface area contributed by atoms with E-state index in [0.29, 0.717) is 0 Å². The first-order valence-electron chi connectivity index (χ1n) is 5.65. The fourth-order valence-electron chi connectivity index (χ4n) is 2.79. The van der Waals surface area contributed by atoms with Crippen LogP contribution in [0.1, 0.15) is 31.5 Å². The van der Waals surface area contributed by atoms with Gasteiger partial charge in [-0.25, -0.2) is 4.98 Å². The summed E-state index contributed by atoms with van der Waals surface area (Å²) in [6, 6.07) is 0.763. The number of rotatable bonds is 3. The smallest absolute Gasteiger partial charge is 0.120 e. The molecule has 1 aromatic heterocycles. The van der Waals surface area contributed by atoms with Gasteiger partial charge in [0.05, 0.1) is 6.54 Å². The molecule has 0 amide bonds. The predicted molar refractivity (Wildman–Crippen MR) is 54.7 cm³/mol. The van der Waals surface area contributed by atoms with Gasteiger partial charge in [0.25, 0.3) is 0 Å². The Morgan fingerprint density at radius 2 is 2.50 bits per heavy atom. The molecule has 1 unspecified atom stereocenters. The van der Waals surface area contributed by atoms with E-state index in [1.807, 2.05) is 12.4 Å². The molecule has 2 saturated carbocycles. The molecule has 0 saturated heterocycles. The first-order chi connectivity index (χ1) is 6.93. The highest BCUT2D eigenvalue weighted by Crippen LogP contribution is 2.49. The summed E-state index contributed by atoms with van der Waals surface area (Å²) in [6.45, 7) is 0.904. The van der Waals surface area contributed by atoms with Crippen LogP contribution in [0.4, 0.5) is 0 Å². The second-order valence-corrected chi connectivity index (χ2v) is 4.61. The number of nitrogens with one attached hydrogen (secondary N) is 2. The third-order valence-corrected chi connectivity index (χ3v) is 3.67. The number of fused-ring (bicyclic) bond motifs is 1. The van der Waals surface area contributed by atoms with Crippen molar-refractivity contribution in [1.29, 1.82) is 0 Å². The van der Waals surface area contributed by atoms with E-state index >= 15 is 0 Å². The van der Waals surface area contributed by atoms with Crippen molar-refractivity contribution in [2.24, 2.45) is 11.8 Å². The Kier molecular flexibility index (Phi) is 2.05. The highest BCUT2D eigenvalue weighted by atomic mass is 15.0. The Morgan fingerprint density at radius 1 is 1.50 bits per heavy atom. The van der Waals surface area contributed by atoms with Crippen molar-refractivity contribution >= 4 is 0 Å². The number of hydrogen-bond donors (Lipinski definition) is 2. The molecule has 0 radical (unpaired) electrons. The minimum Gasteiger partial charge on any atom is -0.348 e. The van der Waals surface area contributed by atoms with Gasteiger partial charge in [0, 0.05) is 18.4 Å². The van der Waals surface area contributed by atoms with E-state index in [0.717, 1.165) is 30.2 Å². The molecule has 2 aliphatic rings.